The van der Waals surface area contributed by atoms with Gasteiger partial charge in [-0.05, 0) is 23.7 Å². The minimum atomic E-state index is -1.58. The first kappa shape index (κ1) is 16.7. The molecule has 1 aromatic heterocycles. The molecule has 3 rings (SSSR count). The minimum Gasteiger partial charge on any atom is -0.399 e. The van der Waals surface area contributed by atoms with Crippen LogP contribution >= 0.6 is 0 Å². The Hall–Kier alpha value is -3.14. The molecule has 2 aliphatic rings. The van der Waals surface area contributed by atoms with Gasteiger partial charge in [0.05, 0.1) is 23.4 Å². The van der Waals surface area contributed by atoms with Crippen molar-refractivity contribution in [2.45, 2.75) is 12.8 Å². The fraction of sp³-hybridized carbons (Fsp3) is 0.368. The van der Waals surface area contributed by atoms with Gasteiger partial charge in [0.15, 0.2) is 5.41 Å². The van der Waals surface area contributed by atoms with E-state index in [0.717, 1.165) is 24.2 Å². The quantitative estimate of drug-likeness (QED) is 0.885. The lowest BCUT2D eigenvalue weighted by atomic mass is 9.58. The van der Waals surface area contributed by atoms with E-state index in [1.54, 1.807) is 18.5 Å². The highest BCUT2D eigenvalue weighted by Gasteiger charge is 2.54. The van der Waals surface area contributed by atoms with Crippen LogP contribution in [0.3, 0.4) is 0 Å². The maximum atomic E-state index is 9.92. The summed E-state index contributed by atoms with van der Waals surface area (Å²) in [5.41, 5.74) is 6.63. The lowest BCUT2D eigenvalue weighted by Gasteiger charge is -2.45. The number of likely N-dealkylation sites (N-methyl/N-ethyl adjacent to an activating group) is 1. The van der Waals surface area contributed by atoms with Gasteiger partial charge in [-0.15, -0.1) is 0 Å². The van der Waals surface area contributed by atoms with E-state index in [4.69, 9.17) is 5.73 Å². The monoisotopic (exact) mass is 330 g/mol. The lowest BCUT2D eigenvalue weighted by molar-refractivity contribution is 0.214. The second-order valence-corrected chi connectivity index (χ2v) is 6.31. The largest absolute Gasteiger partial charge is 0.399 e. The van der Waals surface area contributed by atoms with E-state index < -0.39 is 11.3 Å². The van der Waals surface area contributed by atoms with Gasteiger partial charge in [-0.1, -0.05) is 19.1 Å². The summed E-state index contributed by atoms with van der Waals surface area (Å²) >= 11 is 0. The molecule has 6 nitrogen and oxygen atoms in total. The molecule has 124 valence electrons. The van der Waals surface area contributed by atoms with Gasteiger partial charge < -0.3 is 5.73 Å². The highest BCUT2D eigenvalue weighted by Crippen LogP contribution is 2.53. The molecule has 0 bridgehead atoms. The number of fused-ring (bicyclic) bond motifs is 1. The second kappa shape index (κ2) is 6.40. The molecule has 6 heteroatoms. The van der Waals surface area contributed by atoms with Crippen molar-refractivity contribution in [2.24, 2.45) is 17.1 Å². The van der Waals surface area contributed by atoms with Crippen LogP contribution in [-0.4, -0.2) is 29.5 Å². The number of rotatable bonds is 2. The van der Waals surface area contributed by atoms with Crippen LogP contribution in [0.5, 0.6) is 0 Å². The van der Waals surface area contributed by atoms with Crippen LogP contribution in [0, 0.1) is 45.3 Å². The standard InChI is InChI=1S/C19H18N6/c1-2-25-7-5-14-15(8-20)18(23)19(11-21,12-22)17(16(14)10-25)13-4-3-6-24-9-13/h3-6,9,16-17H,2,7,10,23H2,1H3. The fourth-order valence-corrected chi connectivity index (χ4v) is 3.93. The first-order valence-corrected chi connectivity index (χ1v) is 8.18. The first-order chi connectivity index (χ1) is 12.1. The van der Waals surface area contributed by atoms with Gasteiger partial charge in [-0.3, -0.25) is 9.88 Å². The smallest absolute Gasteiger partial charge is 0.191 e. The zero-order chi connectivity index (χ0) is 18.0. The molecule has 0 amide bonds. The van der Waals surface area contributed by atoms with Crippen LogP contribution in [0.4, 0.5) is 0 Å². The van der Waals surface area contributed by atoms with Crippen LogP contribution in [0.15, 0.2) is 47.4 Å². The van der Waals surface area contributed by atoms with Crippen molar-refractivity contribution in [1.29, 1.82) is 15.8 Å². The average molecular weight is 330 g/mol. The Morgan fingerprint density at radius 2 is 2.12 bits per heavy atom. The van der Waals surface area contributed by atoms with E-state index >= 15 is 0 Å². The molecule has 0 saturated heterocycles. The van der Waals surface area contributed by atoms with Crippen molar-refractivity contribution in [3.05, 3.63) is 53.0 Å². The van der Waals surface area contributed by atoms with Crippen molar-refractivity contribution in [3.63, 3.8) is 0 Å². The molecule has 2 atom stereocenters. The van der Waals surface area contributed by atoms with E-state index in [0.29, 0.717) is 6.54 Å². The van der Waals surface area contributed by atoms with E-state index in [1.165, 1.54) is 0 Å². The SMILES string of the molecule is CCN1CC=C2C(C#N)=C(N)C(C#N)(C#N)C(c3cccnc3)C2C1. The van der Waals surface area contributed by atoms with Crippen LogP contribution < -0.4 is 5.73 Å². The van der Waals surface area contributed by atoms with Crippen LogP contribution in [-0.2, 0) is 0 Å². The molecule has 1 aromatic rings. The number of nitrogens with two attached hydrogens (primary N) is 1. The third-order valence-electron chi connectivity index (χ3n) is 5.23. The molecule has 25 heavy (non-hydrogen) atoms. The third kappa shape index (κ3) is 2.38. The molecule has 1 aliphatic carbocycles. The van der Waals surface area contributed by atoms with Gasteiger partial charge in [0.1, 0.15) is 6.07 Å². The maximum absolute atomic E-state index is 9.92. The average Bonchev–Trinajstić information content (AvgIpc) is 2.67. The van der Waals surface area contributed by atoms with Gasteiger partial charge in [0, 0.05) is 37.3 Å². The molecule has 0 aromatic carbocycles. The van der Waals surface area contributed by atoms with Crippen LogP contribution in [0.25, 0.3) is 0 Å². The molecule has 1 aliphatic heterocycles. The Labute approximate surface area is 147 Å². The first-order valence-electron chi connectivity index (χ1n) is 8.18. The zero-order valence-corrected chi connectivity index (χ0v) is 14.0. The van der Waals surface area contributed by atoms with Gasteiger partial charge in [0.25, 0.3) is 0 Å². The number of pyridine rings is 1. The van der Waals surface area contributed by atoms with E-state index in [2.05, 4.69) is 35.0 Å². The molecule has 2 heterocycles. The Morgan fingerprint density at radius 3 is 2.68 bits per heavy atom. The van der Waals surface area contributed by atoms with E-state index in [9.17, 15) is 15.8 Å². The summed E-state index contributed by atoms with van der Waals surface area (Å²) in [5.74, 6) is -0.618. The molecular formula is C19H18N6. The topological polar surface area (TPSA) is 114 Å². The summed E-state index contributed by atoms with van der Waals surface area (Å²) in [4.78, 5) is 6.39. The Morgan fingerprint density at radius 1 is 1.36 bits per heavy atom. The summed E-state index contributed by atoms with van der Waals surface area (Å²) in [7, 11) is 0. The predicted octanol–water partition coefficient (Wildman–Crippen LogP) is 1.83. The number of nitrogens with zero attached hydrogens (tertiary/aromatic N) is 5. The number of hydrogen-bond acceptors (Lipinski definition) is 6. The Kier molecular flexibility index (Phi) is 4.28. The third-order valence-corrected chi connectivity index (χ3v) is 5.23. The number of nitriles is 3. The van der Waals surface area contributed by atoms with E-state index in [-0.39, 0.29) is 17.2 Å². The van der Waals surface area contributed by atoms with Gasteiger partial charge in [0.2, 0.25) is 0 Å². The highest BCUT2D eigenvalue weighted by molar-refractivity contribution is 5.59. The molecule has 0 spiro atoms. The van der Waals surface area contributed by atoms with E-state index in [1.807, 2.05) is 12.1 Å². The summed E-state index contributed by atoms with van der Waals surface area (Å²) in [6, 6.07) is 10.0. The summed E-state index contributed by atoms with van der Waals surface area (Å²) < 4.78 is 0. The van der Waals surface area contributed by atoms with Crippen LogP contribution in [0.1, 0.15) is 18.4 Å². The van der Waals surface area contributed by atoms with Crippen LogP contribution in [0.2, 0.25) is 0 Å². The Balaban J connectivity index is 2.30. The molecular weight excluding hydrogens is 312 g/mol. The van der Waals surface area contributed by atoms with Crippen molar-refractivity contribution < 1.29 is 0 Å². The van der Waals surface area contributed by atoms with Gasteiger partial charge in [-0.2, -0.15) is 15.8 Å². The van der Waals surface area contributed by atoms with Crippen molar-refractivity contribution in [1.82, 2.24) is 9.88 Å². The van der Waals surface area contributed by atoms with Crippen molar-refractivity contribution in [3.8, 4) is 18.2 Å². The molecule has 2 unspecified atom stereocenters. The normalized spacial score (nSPS) is 25.1. The zero-order valence-electron chi connectivity index (χ0n) is 14.0. The maximum Gasteiger partial charge on any atom is 0.191 e. The van der Waals surface area contributed by atoms with Gasteiger partial charge in [-0.25, -0.2) is 0 Å². The fourth-order valence-electron chi connectivity index (χ4n) is 3.93. The van der Waals surface area contributed by atoms with Gasteiger partial charge >= 0.3 is 0 Å². The molecule has 0 fully saturated rings. The van der Waals surface area contributed by atoms with Crippen molar-refractivity contribution >= 4 is 0 Å². The number of hydrogen-bond donors (Lipinski definition) is 1. The Bertz CT molecular complexity index is 848. The highest BCUT2D eigenvalue weighted by atomic mass is 15.1. The number of aromatic nitrogens is 1. The summed E-state index contributed by atoms with van der Waals surface area (Å²) in [5, 5.41) is 29.5. The molecule has 0 saturated carbocycles. The second-order valence-electron chi connectivity index (χ2n) is 6.31. The summed E-state index contributed by atoms with van der Waals surface area (Å²) in [6.07, 6.45) is 5.34. The molecule has 2 N–H and O–H groups in total. The summed E-state index contributed by atoms with van der Waals surface area (Å²) in [6.45, 7) is 4.32. The molecule has 0 radical (unpaired) electrons. The lowest BCUT2D eigenvalue weighted by Crippen LogP contribution is -2.48. The number of allylic oxidation sites excluding steroid dienone is 2. The van der Waals surface area contributed by atoms with Crippen molar-refractivity contribution in [2.75, 3.05) is 19.6 Å². The predicted molar refractivity (Wildman–Crippen MR) is 91.2 cm³/mol. The minimum absolute atomic E-state index is 0.0568.